The van der Waals surface area contributed by atoms with E-state index in [0.717, 1.165) is 5.56 Å². The largest absolute Gasteiger partial charge is 0.493 e. The first kappa shape index (κ1) is 21.3. The Balaban J connectivity index is 1.83. The van der Waals surface area contributed by atoms with Crippen LogP contribution in [0.4, 0.5) is 8.78 Å². The molecule has 2 aliphatic rings. The van der Waals surface area contributed by atoms with E-state index in [1.165, 1.54) is 23.9 Å². The third kappa shape index (κ3) is 3.67. The monoisotopic (exact) mass is 435 g/mol. The number of carboxylic acids is 1. The molecular formula is C22H23F2NO6. The molecule has 1 saturated carbocycles. The zero-order valence-electron chi connectivity index (χ0n) is 17.2. The van der Waals surface area contributed by atoms with E-state index in [1.54, 1.807) is 19.2 Å². The first-order valence-electron chi connectivity index (χ1n) is 9.91. The molecule has 31 heavy (non-hydrogen) atoms. The molecule has 1 aromatic heterocycles. The molecule has 4 rings (SSSR count). The van der Waals surface area contributed by atoms with E-state index >= 15 is 0 Å². The molecule has 1 fully saturated rings. The summed E-state index contributed by atoms with van der Waals surface area (Å²) >= 11 is 0. The topological polar surface area (TPSA) is 87.0 Å². The van der Waals surface area contributed by atoms with E-state index in [9.17, 15) is 23.5 Å². The van der Waals surface area contributed by atoms with Crippen molar-refractivity contribution in [2.45, 2.75) is 37.1 Å². The Kier molecular flexibility index (Phi) is 5.25. The SMILES string of the molecule is COCCCOc1cc2c(cc1OC)-c1cc(=O)c(C(=O)O)cn1C1(C2)CC(F)(F)C1. The maximum absolute atomic E-state index is 14.0. The lowest BCUT2D eigenvalue weighted by molar-refractivity contribution is -0.152. The zero-order valence-corrected chi connectivity index (χ0v) is 17.2. The lowest BCUT2D eigenvalue weighted by Gasteiger charge is -2.52. The summed E-state index contributed by atoms with van der Waals surface area (Å²) in [6.07, 6.45) is 1.28. The molecule has 7 nitrogen and oxygen atoms in total. The van der Waals surface area contributed by atoms with E-state index in [-0.39, 0.29) is 6.42 Å². The smallest absolute Gasteiger partial charge is 0.341 e. The number of halogens is 2. The second kappa shape index (κ2) is 7.64. The van der Waals surface area contributed by atoms with Crippen LogP contribution in [0.25, 0.3) is 11.3 Å². The number of aromatic nitrogens is 1. The van der Waals surface area contributed by atoms with Gasteiger partial charge in [0.2, 0.25) is 0 Å². The highest BCUT2D eigenvalue weighted by Crippen LogP contribution is 2.56. The van der Waals surface area contributed by atoms with Crippen LogP contribution in [-0.4, -0.2) is 49.0 Å². The van der Waals surface area contributed by atoms with Crippen molar-refractivity contribution in [2.24, 2.45) is 0 Å². The summed E-state index contributed by atoms with van der Waals surface area (Å²) in [5, 5.41) is 9.36. The number of hydrogen-bond donors (Lipinski definition) is 1. The van der Waals surface area contributed by atoms with Crippen LogP contribution in [0.1, 0.15) is 35.2 Å². The highest BCUT2D eigenvalue weighted by molar-refractivity contribution is 5.88. The Morgan fingerprint density at radius 2 is 1.90 bits per heavy atom. The number of carboxylic acid groups (broad SMARTS) is 1. The number of carbonyl (C=O) groups is 1. The minimum Gasteiger partial charge on any atom is -0.493 e. The number of fused-ring (bicyclic) bond motifs is 4. The molecule has 1 aliphatic heterocycles. The fraction of sp³-hybridized carbons (Fsp3) is 0.455. The molecule has 9 heteroatoms. The predicted octanol–water partition coefficient (Wildman–Crippen LogP) is 3.32. The van der Waals surface area contributed by atoms with Gasteiger partial charge in [0.15, 0.2) is 16.9 Å². The second-order valence-electron chi connectivity index (χ2n) is 8.08. The summed E-state index contributed by atoms with van der Waals surface area (Å²) in [7, 11) is 3.09. The van der Waals surface area contributed by atoms with E-state index in [2.05, 4.69) is 0 Å². The van der Waals surface area contributed by atoms with Gasteiger partial charge in [0.05, 0.1) is 24.9 Å². The van der Waals surface area contributed by atoms with Crippen molar-refractivity contribution in [3.8, 4) is 22.8 Å². The Hall–Kier alpha value is -2.94. The van der Waals surface area contributed by atoms with Crippen LogP contribution in [0.2, 0.25) is 0 Å². The van der Waals surface area contributed by atoms with Crippen LogP contribution in [0, 0.1) is 0 Å². The highest BCUT2D eigenvalue weighted by Gasteiger charge is 2.59. The molecule has 1 aliphatic carbocycles. The molecule has 0 radical (unpaired) electrons. The number of benzene rings is 1. The fourth-order valence-electron chi connectivity index (χ4n) is 4.58. The van der Waals surface area contributed by atoms with E-state index in [4.69, 9.17) is 14.2 Å². The standard InChI is InChI=1S/C22H23F2NO6/c1-29-4-3-5-31-19-6-13-9-21(11-22(23,24)12-21)25-10-15(20(27)28)17(26)8-16(25)14(13)7-18(19)30-2/h6-8,10H,3-5,9,11-12H2,1-2H3,(H,27,28). The molecule has 2 aromatic rings. The third-order valence-electron chi connectivity index (χ3n) is 5.90. The van der Waals surface area contributed by atoms with Crippen LogP contribution in [0.3, 0.4) is 0 Å². The van der Waals surface area contributed by atoms with Crippen molar-refractivity contribution in [3.05, 3.63) is 45.7 Å². The molecule has 1 N–H and O–H groups in total. The molecule has 2 heterocycles. The van der Waals surface area contributed by atoms with Gasteiger partial charge in [0, 0.05) is 50.8 Å². The maximum atomic E-state index is 14.0. The second-order valence-corrected chi connectivity index (χ2v) is 8.08. The Bertz CT molecular complexity index is 1090. The number of alkyl halides is 2. The fourth-order valence-corrected chi connectivity index (χ4v) is 4.58. The van der Waals surface area contributed by atoms with Gasteiger partial charge in [-0.3, -0.25) is 4.79 Å². The highest BCUT2D eigenvalue weighted by atomic mass is 19.3. The summed E-state index contributed by atoms with van der Waals surface area (Å²) in [6.45, 7) is 0.928. The summed E-state index contributed by atoms with van der Waals surface area (Å²) in [5.74, 6) is -3.30. The van der Waals surface area contributed by atoms with Gasteiger partial charge in [-0.05, 0) is 24.1 Å². The number of methoxy groups -OCH3 is 2. The summed E-state index contributed by atoms with van der Waals surface area (Å²) < 4.78 is 45.7. The van der Waals surface area contributed by atoms with Crippen LogP contribution in [0.5, 0.6) is 11.5 Å². The van der Waals surface area contributed by atoms with Gasteiger partial charge in [0.25, 0.3) is 5.92 Å². The van der Waals surface area contributed by atoms with Gasteiger partial charge in [-0.25, -0.2) is 13.6 Å². The van der Waals surface area contributed by atoms with Gasteiger partial charge in [-0.2, -0.15) is 0 Å². The summed E-state index contributed by atoms with van der Waals surface area (Å²) in [4.78, 5) is 23.9. The van der Waals surface area contributed by atoms with Crippen molar-refractivity contribution in [1.82, 2.24) is 4.57 Å². The van der Waals surface area contributed by atoms with Crippen LogP contribution >= 0.6 is 0 Å². The number of hydrogen-bond acceptors (Lipinski definition) is 5. The van der Waals surface area contributed by atoms with Crippen LogP contribution in [-0.2, 0) is 16.7 Å². The van der Waals surface area contributed by atoms with E-state index < -0.39 is 41.3 Å². The molecule has 1 aromatic carbocycles. The number of ether oxygens (including phenoxy) is 3. The van der Waals surface area contributed by atoms with Gasteiger partial charge in [0.1, 0.15) is 5.56 Å². The quantitative estimate of drug-likeness (QED) is 0.672. The average Bonchev–Trinajstić information content (AvgIpc) is 2.68. The van der Waals surface area contributed by atoms with E-state index in [1.807, 2.05) is 0 Å². The number of aromatic carboxylic acids is 1. The first-order valence-corrected chi connectivity index (χ1v) is 9.91. The van der Waals surface area contributed by atoms with Crippen molar-refractivity contribution in [2.75, 3.05) is 27.4 Å². The Morgan fingerprint density at radius 3 is 2.52 bits per heavy atom. The summed E-state index contributed by atoms with van der Waals surface area (Å²) in [5.41, 5.74) is -0.322. The number of nitrogens with zero attached hydrogens (tertiary/aromatic N) is 1. The molecule has 0 bridgehead atoms. The molecular weight excluding hydrogens is 412 g/mol. The van der Waals surface area contributed by atoms with Gasteiger partial charge in [-0.1, -0.05) is 0 Å². The van der Waals surface area contributed by atoms with Crippen LogP contribution < -0.4 is 14.9 Å². The Morgan fingerprint density at radius 1 is 1.16 bits per heavy atom. The average molecular weight is 435 g/mol. The van der Waals surface area contributed by atoms with Gasteiger partial charge < -0.3 is 23.9 Å². The minimum atomic E-state index is -2.84. The van der Waals surface area contributed by atoms with Crippen molar-refractivity contribution in [3.63, 3.8) is 0 Å². The molecule has 166 valence electrons. The van der Waals surface area contributed by atoms with Gasteiger partial charge >= 0.3 is 5.97 Å². The Labute approximate surface area is 177 Å². The lowest BCUT2D eigenvalue weighted by Crippen LogP contribution is -2.56. The predicted molar refractivity (Wildman–Crippen MR) is 107 cm³/mol. The van der Waals surface area contributed by atoms with Crippen LogP contribution in [0.15, 0.2) is 29.2 Å². The number of rotatable bonds is 7. The molecule has 1 spiro atoms. The third-order valence-corrected chi connectivity index (χ3v) is 5.90. The maximum Gasteiger partial charge on any atom is 0.341 e. The molecule has 0 atom stereocenters. The van der Waals surface area contributed by atoms with Gasteiger partial charge in [-0.15, -0.1) is 0 Å². The molecule has 0 saturated heterocycles. The minimum absolute atomic E-state index is 0.269. The lowest BCUT2D eigenvalue weighted by atomic mass is 9.67. The van der Waals surface area contributed by atoms with E-state index in [0.29, 0.717) is 42.4 Å². The first-order chi connectivity index (χ1) is 14.7. The number of pyridine rings is 1. The van der Waals surface area contributed by atoms with Crippen molar-refractivity contribution >= 4 is 5.97 Å². The molecule has 0 unspecified atom stereocenters. The van der Waals surface area contributed by atoms with Crippen molar-refractivity contribution < 1.29 is 32.9 Å². The normalized spacial score (nSPS) is 17.4. The summed E-state index contributed by atoms with van der Waals surface area (Å²) in [6, 6.07) is 4.67. The van der Waals surface area contributed by atoms with Crippen molar-refractivity contribution in [1.29, 1.82) is 0 Å². The zero-order chi connectivity index (χ0) is 22.4. The molecule has 0 amide bonds.